The van der Waals surface area contributed by atoms with Gasteiger partial charge in [-0.1, -0.05) is 11.1 Å². The molecule has 0 saturated heterocycles. The molecule has 7 heteroatoms. The first-order valence-electron chi connectivity index (χ1n) is 9.99. The molecule has 0 radical (unpaired) electrons. The number of hydrogen-bond acceptors (Lipinski definition) is 4. The third kappa shape index (κ3) is 3.60. The Morgan fingerprint density at radius 3 is 2.36 bits per heavy atom. The number of carbonyl (C=O) groups is 3. The maximum atomic E-state index is 13.0. The zero-order chi connectivity index (χ0) is 20.0. The Morgan fingerprint density at radius 1 is 1.04 bits per heavy atom. The summed E-state index contributed by atoms with van der Waals surface area (Å²) in [6.07, 6.45) is 5.68. The summed E-state index contributed by atoms with van der Waals surface area (Å²) in [6, 6.07) is 0.249. The van der Waals surface area contributed by atoms with Crippen molar-refractivity contribution in [3.05, 3.63) is 27.2 Å². The number of rotatable bonds is 5. The predicted molar refractivity (Wildman–Crippen MR) is 108 cm³/mol. The summed E-state index contributed by atoms with van der Waals surface area (Å²) >= 11 is 1.48. The average Bonchev–Trinajstić information content (AvgIpc) is 3.21. The minimum atomic E-state index is -0.938. The molecule has 4 rings (SSSR count). The van der Waals surface area contributed by atoms with Crippen LogP contribution in [0.4, 0.5) is 5.00 Å². The first-order chi connectivity index (χ1) is 13.3. The average molecular weight is 403 g/mol. The maximum absolute atomic E-state index is 13.0. The lowest BCUT2D eigenvalue weighted by Gasteiger charge is -2.29. The van der Waals surface area contributed by atoms with Crippen molar-refractivity contribution in [2.24, 2.45) is 11.8 Å². The van der Waals surface area contributed by atoms with Gasteiger partial charge >= 0.3 is 5.97 Å². The molecule has 3 aliphatic rings. The van der Waals surface area contributed by atoms with Crippen LogP contribution < -0.4 is 10.6 Å². The molecule has 3 N–H and O–H groups in total. The van der Waals surface area contributed by atoms with Crippen LogP contribution in [0.2, 0.25) is 0 Å². The first-order valence-corrected chi connectivity index (χ1v) is 10.8. The summed E-state index contributed by atoms with van der Waals surface area (Å²) in [5.74, 6) is -2.67. The molecule has 6 nitrogen and oxygen atoms in total. The Balaban J connectivity index is 1.59. The second-order valence-electron chi connectivity index (χ2n) is 8.32. The fourth-order valence-electron chi connectivity index (χ4n) is 4.25. The molecular weight excluding hydrogens is 376 g/mol. The van der Waals surface area contributed by atoms with Crippen LogP contribution in [0.15, 0.2) is 11.1 Å². The van der Waals surface area contributed by atoms with Gasteiger partial charge in [0, 0.05) is 10.9 Å². The molecule has 0 aromatic carbocycles. The number of carbonyl (C=O) groups excluding carboxylic acids is 2. The van der Waals surface area contributed by atoms with E-state index in [2.05, 4.69) is 10.6 Å². The van der Waals surface area contributed by atoms with E-state index < -0.39 is 17.8 Å². The van der Waals surface area contributed by atoms with E-state index in [-0.39, 0.29) is 17.9 Å². The SMILES string of the molecule is CC1=C(C)C[C@H](C(=O)Nc2sc3c(c2C(=O)NC2CC2)CCC3)[C@@H](C(=O)O)C1. The normalized spacial score (nSPS) is 24.1. The van der Waals surface area contributed by atoms with Crippen LogP contribution in [0.3, 0.4) is 0 Å². The molecule has 2 atom stereocenters. The van der Waals surface area contributed by atoms with Crippen LogP contribution >= 0.6 is 11.3 Å². The van der Waals surface area contributed by atoms with Crippen LogP contribution in [0.1, 0.15) is 66.8 Å². The predicted octanol–water partition coefficient (Wildman–Crippen LogP) is 3.51. The van der Waals surface area contributed by atoms with Crippen LogP contribution in [0.25, 0.3) is 0 Å². The third-order valence-corrected chi connectivity index (χ3v) is 7.43. The van der Waals surface area contributed by atoms with Crippen molar-refractivity contribution in [1.29, 1.82) is 0 Å². The Bertz CT molecular complexity index is 881. The van der Waals surface area contributed by atoms with E-state index in [1.165, 1.54) is 16.2 Å². The van der Waals surface area contributed by atoms with Gasteiger partial charge in [-0.05, 0) is 64.4 Å². The molecule has 1 heterocycles. The molecule has 3 aliphatic carbocycles. The Labute approximate surface area is 168 Å². The number of aliphatic carboxylic acids is 1. The molecule has 0 unspecified atom stereocenters. The molecule has 150 valence electrons. The standard InChI is InChI=1S/C21H26N2O4S/c1-10-8-14(15(21(26)27)9-11(10)2)18(24)23-20-17(19(25)22-12-6-7-12)13-4-3-5-16(13)28-20/h12,14-15H,3-9H2,1-2H3,(H,22,25)(H,23,24)(H,26,27)/t14-,15-/m0/s1. The summed E-state index contributed by atoms with van der Waals surface area (Å²) in [5.41, 5.74) is 3.79. The highest BCUT2D eigenvalue weighted by Crippen LogP contribution is 2.41. The van der Waals surface area contributed by atoms with Gasteiger partial charge in [0.05, 0.1) is 17.4 Å². The maximum Gasteiger partial charge on any atom is 0.307 e. The van der Waals surface area contributed by atoms with Gasteiger partial charge in [0.25, 0.3) is 5.91 Å². The fraction of sp³-hybridized carbons (Fsp3) is 0.571. The number of thiophene rings is 1. The molecule has 1 fully saturated rings. The van der Waals surface area contributed by atoms with Gasteiger partial charge in [-0.3, -0.25) is 14.4 Å². The molecule has 28 heavy (non-hydrogen) atoms. The van der Waals surface area contributed by atoms with Crippen molar-refractivity contribution >= 4 is 34.1 Å². The van der Waals surface area contributed by atoms with Crippen molar-refractivity contribution < 1.29 is 19.5 Å². The van der Waals surface area contributed by atoms with Crippen LogP contribution in [-0.4, -0.2) is 28.9 Å². The van der Waals surface area contributed by atoms with Gasteiger partial charge in [-0.15, -0.1) is 11.3 Å². The minimum Gasteiger partial charge on any atom is -0.481 e. The number of aryl methyl sites for hydroxylation is 1. The lowest BCUT2D eigenvalue weighted by molar-refractivity contribution is -0.146. The molecule has 1 saturated carbocycles. The van der Waals surface area contributed by atoms with Gasteiger partial charge in [0.2, 0.25) is 5.91 Å². The molecule has 2 amide bonds. The third-order valence-electron chi connectivity index (χ3n) is 6.22. The van der Waals surface area contributed by atoms with E-state index in [0.717, 1.165) is 48.8 Å². The molecular formula is C21H26N2O4S. The summed E-state index contributed by atoms with van der Waals surface area (Å²) in [4.78, 5) is 38.7. The van der Waals surface area contributed by atoms with Crippen LogP contribution in [0.5, 0.6) is 0 Å². The van der Waals surface area contributed by atoms with E-state index >= 15 is 0 Å². The van der Waals surface area contributed by atoms with E-state index in [0.29, 0.717) is 23.4 Å². The summed E-state index contributed by atoms with van der Waals surface area (Å²) in [6.45, 7) is 3.89. The van der Waals surface area contributed by atoms with Gasteiger partial charge < -0.3 is 15.7 Å². The Hall–Kier alpha value is -2.15. The molecule has 0 bridgehead atoms. The number of carboxylic acids is 1. The number of amides is 2. The fourth-order valence-corrected chi connectivity index (χ4v) is 5.54. The number of anilines is 1. The smallest absolute Gasteiger partial charge is 0.307 e. The van der Waals surface area contributed by atoms with Gasteiger partial charge in [0.15, 0.2) is 0 Å². The Morgan fingerprint density at radius 2 is 1.71 bits per heavy atom. The Kier molecular flexibility index (Phi) is 5.04. The summed E-state index contributed by atoms with van der Waals surface area (Å²) in [7, 11) is 0. The molecule has 1 aromatic rings. The van der Waals surface area contributed by atoms with Crippen molar-refractivity contribution in [3.8, 4) is 0 Å². The lowest BCUT2D eigenvalue weighted by atomic mass is 9.76. The lowest BCUT2D eigenvalue weighted by Crippen LogP contribution is -2.37. The van der Waals surface area contributed by atoms with E-state index in [1.54, 1.807) is 0 Å². The van der Waals surface area contributed by atoms with E-state index in [4.69, 9.17) is 0 Å². The highest BCUT2D eigenvalue weighted by molar-refractivity contribution is 7.17. The quantitative estimate of drug-likeness (QED) is 0.657. The second kappa shape index (κ2) is 7.35. The highest BCUT2D eigenvalue weighted by Gasteiger charge is 2.38. The number of nitrogens with one attached hydrogen (secondary N) is 2. The topological polar surface area (TPSA) is 95.5 Å². The van der Waals surface area contributed by atoms with Crippen molar-refractivity contribution in [1.82, 2.24) is 5.32 Å². The summed E-state index contributed by atoms with van der Waals surface area (Å²) in [5, 5.41) is 16.2. The molecule has 1 aromatic heterocycles. The van der Waals surface area contributed by atoms with Gasteiger partial charge in [0.1, 0.15) is 5.00 Å². The second-order valence-corrected chi connectivity index (χ2v) is 9.42. The van der Waals surface area contributed by atoms with Crippen LogP contribution in [-0.2, 0) is 22.4 Å². The number of carboxylic acid groups (broad SMARTS) is 1. The van der Waals surface area contributed by atoms with Crippen molar-refractivity contribution in [2.75, 3.05) is 5.32 Å². The monoisotopic (exact) mass is 402 g/mol. The number of hydrogen-bond donors (Lipinski definition) is 3. The van der Waals surface area contributed by atoms with Gasteiger partial charge in [-0.2, -0.15) is 0 Å². The zero-order valence-corrected chi connectivity index (χ0v) is 17.1. The zero-order valence-electron chi connectivity index (χ0n) is 16.3. The van der Waals surface area contributed by atoms with E-state index in [1.807, 2.05) is 13.8 Å². The summed E-state index contributed by atoms with van der Waals surface area (Å²) < 4.78 is 0. The van der Waals surface area contributed by atoms with Crippen LogP contribution in [0, 0.1) is 11.8 Å². The number of fused-ring (bicyclic) bond motifs is 1. The van der Waals surface area contributed by atoms with Crippen molar-refractivity contribution in [3.63, 3.8) is 0 Å². The number of allylic oxidation sites excluding steroid dienone is 2. The molecule has 0 aliphatic heterocycles. The highest BCUT2D eigenvalue weighted by atomic mass is 32.1. The molecule has 0 spiro atoms. The van der Waals surface area contributed by atoms with Gasteiger partial charge in [-0.25, -0.2) is 0 Å². The van der Waals surface area contributed by atoms with E-state index in [9.17, 15) is 19.5 Å². The first kappa shape index (κ1) is 19.2. The minimum absolute atomic E-state index is 0.109. The largest absolute Gasteiger partial charge is 0.481 e. The van der Waals surface area contributed by atoms with Crippen molar-refractivity contribution in [2.45, 2.75) is 64.8 Å².